The zero-order valence-electron chi connectivity index (χ0n) is 10.2. The number of hydrogen-bond acceptors (Lipinski definition) is 6. The molecule has 3 heterocycles. The minimum Gasteiger partial charge on any atom is -0.338 e. The SMILES string of the molecule is CSc1nc(NC2=CCN=C2)c2c(=O)[nH]ccc2n1. The highest BCUT2D eigenvalue weighted by molar-refractivity contribution is 7.98. The van der Waals surface area contributed by atoms with Crippen molar-refractivity contribution in [3.05, 3.63) is 34.4 Å². The van der Waals surface area contributed by atoms with Crippen molar-refractivity contribution < 1.29 is 0 Å². The average molecular weight is 273 g/mol. The third-order valence-corrected chi connectivity index (χ3v) is 3.24. The molecule has 6 nitrogen and oxygen atoms in total. The lowest BCUT2D eigenvalue weighted by atomic mass is 10.3. The molecule has 2 aromatic heterocycles. The average Bonchev–Trinajstić information content (AvgIpc) is 2.91. The van der Waals surface area contributed by atoms with E-state index < -0.39 is 0 Å². The molecule has 1 aliphatic rings. The summed E-state index contributed by atoms with van der Waals surface area (Å²) in [7, 11) is 0. The molecule has 3 rings (SSSR count). The van der Waals surface area contributed by atoms with Crippen LogP contribution in [-0.4, -0.2) is 34.0 Å². The number of rotatable bonds is 3. The summed E-state index contributed by atoms with van der Waals surface area (Å²) in [5.41, 5.74) is 1.26. The second kappa shape index (κ2) is 4.85. The summed E-state index contributed by atoms with van der Waals surface area (Å²) in [4.78, 5) is 27.4. The van der Waals surface area contributed by atoms with Crippen molar-refractivity contribution in [2.24, 2.45) is 4.99 Å². The number of H-pyrrole nitrogens is 1. The number of allylic oxidation sites excluding steroid dienone is 1. The molecule has 2 aromatic rings. The van der Waals surface area contributed by atoms with E-state index in [9.17, 15) is 4.79 Å². The van der Waals surface area contributed by atoms with E-state index in [1.54, 1.807) is 18.5 Å². The van der Waals surface area contributed by atoms with E-state index in [-0.39, 0.29) is 5.56 Å². The molecule has 0 aromatic carbocycles. The van der Waals surface area contributed by atoms with Gasteiger partial charge in [-0.1, -0.05) is 11.8 Å². The number of aromatic amines is 1. The number of nitrogens with one attached hydrogen (secondary N) is 2. The van der Waals surface area contributed by atoms with Gasteiger partial charge >= 0.3 is 0 Å². The Kier molecular flexibility index (Phi) is 3.04. The molecule has 0 fully saturated rings. The number of hydrogen-bond donors (Lipinski definition) is 2. The van der Waals surface area contributed by atoms with Gasteiger partial charge in [-0.25, -0.2) is 9.97 Å². The lowest BCUT2D eigenvalue weighted by Gasteiger charge is -2.08. The third-order valence-electron chi connectivity index (χ3n) is 2.69. The standard InChI is InChI=1S/C12H11N5OS/c1-19-12-16-8-3-5-14-11(18)9(8)10(17-12)15-7-2-4-13-6-7/h2-3,5-6H,4H2,1H3,(H,14,18)(H,15,16,17). The maximum atomic E-state index is 11.9. The highest BCUT2D eigenvalue weighted by Gasteiger charge is 2.12. The Morgan fingerprint density at radius 2 is 2.32 bits per heavy atom. The van der Waals surface area contributed by atoms with Gasteiger partial charge in [0.15, 0.2) is 5.16 Å². The van der Waals surface area contributed by atoms with Crippen molar-refractivity contribution in [3.63, 3.8) is 0 Å². The maximum Gasteiger partial charge on any atom is 0.261 e. The first-order chi connectivity index (χ1) is 9.28. The van der Waals surface area contributed by atoms with E-state index in [1.165, 1.54) is 11.8 Å². The molecule has 1 aliphatic heterocycles. The lowest BCUT2D eigenvalue weighted by Crippen LogP contribution is -2.12. The minimum atomic E-state index is -0.205. The number of aromatic nitrogens is 3. The molecule has 0 spiro atoms. The first-order valence-electron chi connectivity index (χ1n) is 5.68. The summed E-state index contributed by atoms with van der Waals surface area (Å²) in [5, 5.41) is 4.21. The van der Waals surface area contributed by atoms with Crippen LogP contribution in [0.1, 0.15) is 0 Å². The predicted octanol–water partition coefficient (Wildman–Crippen LogP) is 1.42. The minimum absolute atomic E-state index is 0.205. The van der Waals surface area contributed by atoms with Crippen molar-refractivity contribution in [1.82, 2.24) is 15.0 Å². The van der Waals surface area contributed by atoms with E-state index in [4.69, 9.17) is 0 Å². The van der Waals surface area contributed by atoms with Crippen LogP contribution in [0.5, 0.6) is 0 Å². The highest BCUT2D eigenvalue weighted by Crippen LogP contribution is 2.21. The number of nitrogens with zero attached hydrogens (tertiary/aromatic N) is 3. The summed E-state index contributed by atoms with van der Waals surface area (Å²) in [6.45, 7) is 0.650. The third kappa shape index (κ3) is 2.24. The Labute approximate surface area is 113 Å². The van der Waals surface area contributed by atoms with Crippen molar-refractivity contribution in [2.45, 2.75) is 5.16 Å². The van der Waals surface area contributed by atoms with Gasteiger partial charge in [0.25, 0.3) is 5.56 Å². The number of anilines is 1. The Morgan fingerprint density at radius 3 is 3.05 bits per heavy atom. The molecular weight excluding hydrogens is 262 g/mol. The predicted molar refractivity (Wildman–Crippen MR) is 77.0 cm³/mol. The van der Waals surface area contributed by atoms with Gasteiger partial charge in [-0.15, -0.1) is 0 Å². The van der Waals surface area contributed by atoms with Crippen LogP contribution in [0.4, 0.5) is 5.82 Å². The molecule has 19 heavy (non-hydrogen) atoms. The fourth-order valence-electron chi connectivity index (χ4n) is 1.83. The zero-order chi connectivity index (χ0) is 13.2. The van der Waals surface area contributed by atoms with Crippen LogP contribution in [0, 0.1) is 0 Å². The molecule has 0 aliphatic carbocycles. The maximum absolute atomic E-state index is 11.9. The molecule has 2 N–H and O–H groups in total. The number of aliphatic imine (C=N–C) groups is 1. The highest BCUT2D eigenvalue weighted by atomic mass is 32.2. The van der Waals surface area contributed by atoms with Crippen LogP contribution in [0.25, 0.3) is 10.9 Å². The molecular formula is C12H11N5OS. The molecule has 0 atom stereocenters. The molecule has 0 saturated carbocycles. The first kappa shape index (κ1) is 11.9. The van der Waals surface area contributed by atoms with Crippen LogP contribution in [0.3, 0.4) is 0 Å². The fourth-order valence-corrected chi connectivity index (χ4v) is 2.20. The van der Waals surface area contributed by atoms with Crippen molar-refractivity contribution in [3.8, 4) is 0 Å². The molecule has 0 unspecified atom stereocenters. The monoisotopic (exact) mass is 273 g/mol. The second-order valence-corrected chi connectivity index (χ2v) is 4.68. The molecule has 7 heteroatoms. The van der Waals surface area contributed by atoms with Gasteiger partial charge < -0.3 is 10.3 Å². The first-order valence-corrected chi connectivity index (χ1v) is 6.91. The van der Waals surface area contributed by atoms with E-state index in [2.05, 4.69) is 25.3 Å². The Morgan fingerprint density at radius 1 is 1.42 bits per heavy atom. The summed E-state index contributed by atoms with van der Waals surface area (Å²) >= 11 is 1.43. The normalized spacial score (nSPS) is 13.8. The van der Waals surface area contributed by atoms with Crippen LogP contribution < -0.4 is 10.9 Å². The Balaban J connectivity index is 2.19. The number of pyridine rings is 1. The van der Waals surface area contributed by atoms with Gasteiger partial charge in [0.2, 0.25) is 0 Å². The quantitative estimate of drug-likeness (QED) is 0.653. The molecule has 0 saturated heterocycles. The number of thioether (sulfide) groups is 1. The van der Waals surface area contributed by atoms with Crippen molar-refractivity contribution >= 4 is 34.7 Å². The fraction of sp³-hybridized carbons (Fsp3) is 0.167. The van der Waals surface area contributed by atoms with E-state index >= 15 is 0 Å². The van der Waals surface area contributed by atoms with Gasteiger partial charge in [0.1, 0.15) is 11.2 Å². The second-order valence-electron chi connectivity index (χ2n) is 3.90. The summed E-state index contributed by atoms with van der Waals surface area (Å²) in [5.74, 6) is 0.510. The molecule has 0 radical (unpaired) electrons. The van der Waals surface area contributed by atoms with Gasteiger partial charge in [0, 0.05) is 12.4 Å². The Hall–Kier alpha value is -2.15. The van der Waals surface area contributed by atoms with Crippen LogP contribution in [0.2, 0.25) is 0 Å². The van der Waals surface area contributed by atoms with E-state index in [0.717, 1.165) is 5.70 Å². The topological polar surface area (TPSA) is 83.0 Å². The van der Waals surface area contributed by atoms with Crippen LogP contribution in [0.15, 0.2) is 39.0 Å². The number of fused-ring (bicyclic) bond motifs is 1. The van der Waals surface area contributed by atoms with Gasteiger partial charge in [-0.3, -0.25) is 9.79 Å². The van der Waals surface area contributed by atoms with E-state index in [1.807, 2.05) is 12.3 Å². The van der Waals surface area contributed by atoms with Gasteiger partial charge in [-0.2, -0.15) is 0 Å². The largest absolute Gasteiger partial charge is 0.338 e. The zero-order valence-corrected chi connectivity index (χ0v) is 11.0. The smallest absolute Gasteiger partial charge is 0.261 e. The summed E-state index contributed by atoms with van der Waals surface area (Å²) < 4.78 is 0. The van der Waals surface area contributed by atoms with Crippen molar-refractivity contribution in [2.75, 3.05) is 18.1 Å². The summed E-state index contributed by atoms with van der Waals surface area (Å²) in [6.07, 6.45) is 7.14. The van der Waals surface area contributed by atoms with Gasteiger partial charge in [-0.05, 0) is 18.4 Å². The molecule has 0 bridgehead atoms. The lowest BCUT2D eigenvalue weighted by molar-refractivity contribution is 1.00. The van der Waals surface area contributed by atoms with E-state index in [0.29, 0.717) is 28.4 Å². The van der Waals surface area contributed by atoms with Crippen LogP contribution >= 0.6 is 11.8 Å². The summed E-state index contributed by atoms with van der Waals surface area (Å²) in [6, 6.07) is 1.76. The van der Waals surface area contributed by atoms with Gasteiger partial charge in [0.05, 0.1) is 17.8 Å². The Bertz CT molecular complexity index is 749. The van der Waals surface area contributed by atoms with Crippen molar-refractivity contribution in [1.29, 1.82) is 0 Å². The molecule has 96 valence electrons. The molecule has 0 amide bonds. The van der Waals surface area contributed by atoms with Crippen LogP contribution in [-0.2, 0) is 0 Å².